The average molecular weight is 507 g/mol. The summed E-state index contributed by atoms with van der Waals surface area (Å²) >= 11 is 0. The van der Waals surface area contributed by atoms with Crippen molar-refractivity contribution in [2.24, 2.45) is 5.92 Å². The van der Waals surface area contributed by atoms with Gasteiger partial charge in [0.25, 0.3) is 0 Å². The van der Waals surface area contributed by atoms with E-state index in [4.69, 9.17) is 4.74 Å². The summed E-state index contributed by atoms with van der Waals surface area (Å²) in [6.45, 7) is 7.48. The number of rotatable bonds is 29. The lowest BCUT2D eigenvalue weighted by Gasteiger charge is -2.17. The molecule has 0 N–H and O–H groups in total. The molecule has 0 aliphatic rings. The van der Waals surface area contributed by atoms with Crippen LogP contribution in [0.15, 0.2) is 12.2 Å². The van der Waals surface area contributed by atoms with Crippen molar-refractivity contribution in [3.05, 3.63) is 12.2 Å². The molecule has 0 aliphatic heterocycles. The summed E-state index contributed by atoms with van der Waals surface area (Å²) in [7, 11) is 0. The van der Waals surface area contributed by atoms with Crippen molar-refractivity contribution in [1.82, 2.24) is 0 Å². The molecule has 1 unspecified atom stereocenters. The molecule has 2 heteroatoms. The van der Waals surface area contributed by atoms with Crippen molar-refractivity contribution in [3.63, 3.8) is 0 Å². The molecular formula is C34H66O2. The number of allylic oxidation sites excluding steroid dienone is 2. The van der Waals surface area contributed by atoms with Gasteiger partial charge in [-0.15, -0.1) is 0 Å². The fourth-order valence-electron chi connectivity index (χ4n) is 5.01. The van der Waals surface area contributed by atoms with Crippen molar-refractivity contribution in [3.8, 4) is 0 Å². The highest BCUT2D eigenvalue weighted by atomic mass is 16.5. The Morgan fingerprint density at radius 2 is 0.917 bits per heavy atom. The first-order valence-electron chi connectivity index (χ1n) is 16.5. The first kappa shape index (κ1) is 35.2. The number of carbonyl (C=O) groups is 1. The van der Waals surface area contributed by atoms with Gasteiger partial charge in [0.2, 0.25) is 0 Å². The van der Waals surface area contributed by atoms with Gasteiger partial charge in [-0.05, 0) is 50.9 Å². The minimum absolute atomic E-state index is 0.0362. The summed E-state index contributed by atoms with van der Waals surface area (Å²) in [5, 5.41) is 0. The van der Waals surface area contributed by atoms with Crippen LogP contribution in [-0.2, 0) is 9.53 Å². The molecular weight excluding hydrogens is 440 g/mol. The van der Waals surface area contributed by atoms with Crippen LogP contribution in [0.4, 0.5) is 0 Å². The van der Waals surface area contributed by atoms with Crippen LogP contribution in [0.25, 0.3) is 0 Å². The predicted octanol–water partition coefficient (Wildman–Crippen LogP) is 11.9. The molecule has 214 valence electrons. The van der Waals surface area contributed by atoms with E-state index in [1.807, 2.05) is 0 Å². The standard InChI is InChI=1S/C34H66O2/c1-4-7-10-13-15-16-17-18-19-20-21-22-23-25-28-31-34(35)36-32-33(29-26-12-9-6-3)30-27-24-14-11-8-5-2/h18-19,33H,4-17,20-32H2,1-3H3/b19-18-. The molecule has 0 aromatic rings. The minimum atomic E-state index is 0.0362. The van der Waals surface area contributed by atoms with E-state index in [1.165, 1.54) is 148 Å². The number of ether oxygens (including phenoxy) is 1. The van der Waals surface area contributed by atoms with Crippen molar-refractivity contribution >= 4 is 5.97 Å². The molecule has 0 radical (unpaired) electrons. The van der Waals surface area contributed by atoms with E-state index in [9.17, 15) is 4.79 Å². The van der Waals surface area contributed by atoms with Crippen LogP contribution in [0.1, 0.15) is 188 Å². The van der Waals surface area contributed by atoms with Crippen LogP contribution in [0.5, 0.6) is 0 Å². The highest BCUT2D eigenvalue weighted by molar-refractivity contribution is 5.69. The monoisotopic (exact) mass is 507 g/mol. The minimum Gasteiger partial charge on any atom is -0.465 e. The van der Waals surface area contributed by atoms with E-state index in [2.05, 4.69) is 32.9 Å². The quantitative estimate of drug-likeness (QED) is 0.0572. The van der Waals surface area contributed by atoms with Crippen LogP contribution >= 0.6 is 0 Å². The first-order chi connectivity index (χ1) is 17.7. The highest BCUT2D eigenvalue weighted by Crippen LogP contribution is 2.20. The van der Waals surface area contributed by atoms with Gasteiger partial charge in [0, 0.05) is 6.42 Å². The Labute approximate surface area is 227 Å². The zero-order chi connectivity index (χ0) is 26.4. The average Bonchev–Trinajstić information content (AvgIpc) is 2.88. The second-order valence-corrected chi connectivity index (χ2v) is 11.3. The summed E-state index contributed by atoms with van der Waals surface area (Å²) in [6, 6.07) is 0. The van der Waals surface area contributed by atoms with E-state index in [1.54, 1.807) is 0 Å². The van der Waals surface area contributed by atoms with Crippen molar-refractivity contribution in [2.45, 2.75) is 188 Å². The van der Waals surface area contributed by atoms with E-state index in [0.717, 1.165) is 12.8 Å². The molecule has 0 aromatic carbocycles. The SMILES string of the molecule is CCCCCCCC/C=C\CCCCCCCC(=O)OCC(CCCCCC)CCCCCCCC. The molecule has 0 amide bonds. The maximum Gasteiger partial charge on any atom is 0.305 e. The fraction of sp³-hybridized carbons (Fsp3) is 0.912. The van der Waals surface area contributed by atoms with Crippen LogP contribution in [0.3, 0.4) is 0 Å². The number of carbonyl (C=O) groups excluding carboxylic acids is 1. The van der Waals surface area contributed by atoms with Gasteiger partial charge in [0.05, 0.1) is 6.61 Å². The van der Waals surface area contributed by atoms with Gasteiger partial charge in [0.1, 0.15) is 0 Å². The molecule has 0 aromatic heterocycles. The molecule has 0 aliphatic carbocycles. The molecule has 1 atom stereocenters. The lowest BCUT2D eigenvalue weighted by Crippen LogP contribution is -2.14. The Morgan fingerprint density at radius 3 is 1.42 bits per heavy atom. The molecule has 0 saturated carbocycles. The zero-order valence-electron chi connectivity index (χ0n) is 25.1. The third-order valence-electron chi connectivity index (χ3n) is 7.55. The van der Waals surface area contributed by atoms with E-state index < -0.39 is 0 Å². The summed E-state index contributed by atoms with van der Waals surface area (Å²) in [5.41, 5.74) is 0. The maximum absolute atomic E-state index is 12.3. The van der Waals surface area contributed by atoms with E-state index in [-0.39, 0.29) is 5.97 Å². The molecule has 0 spiro atoms. The molecule has 0 rings (SSSR count). The fourth-order valence-corrected chi connectivity index (χ4v) is 5.01. The normalized spacial score (nSPS) is 12.4. The van der Waals surface area contributed by atoms with Crippen molar-refractivity contribution < 1.29 is 9.53 Å². The highest BCUT2D eigenvalue weighted by Gasteiger charge is 2.12. The van der Waals surface area contributed by atoms with Crippen LogP contribution in [0.2, 0.25) is 0 Å². The molecule has 36 heavy (non-hydrogen) atoms. The summed E-state index contributed by atoms with van der Waals surface area (Å²) in [5.74, 6) is 0.611. The molecule has 2 nitrogen and oxygen atoms in total. The number of hydrogen-bond acceptors (Lipinski definition) is 2. The Hall–Kier alpha value is -0.790. The molecule has 0 heterocycles. The van der Waals surface area contributed by atoms with Gasteiger partial charge in [-0.3, -0.25) is 4.79 Å². The Morgan fingerprint density at radius 1 is 0.528 bits per heavy atom. The van der Waals surface area contributed by atoms with E-state index in [0.29, 0.717) is 18.9 Å². The van der Waals surface area contributed by atoms with Gasteiger partial charge in [-0.2, -0.15) is 0 Å². The Balaban J connectivity index is 3.73. The van der Waals surface area contributed by atoms with Gasteiger partial charge in [-0.1, -0.05) is 148 Å². The zero-order valence-corrected chi connectivity index (χ0v) is 25.1. The topological polar surface area (TPSA) is 26.3 Å². The third-order valence-corrected chi connectivity index (χ3v) is 7.55. The van der Waals surface area contributed by atoms with E-state index >= 15 is 0 Å². The lowest BCUT2D eigenvalue weighted by molar-refractivity contribution is -0.145. The molecule has 0 bridgehead atoms. The number of esters is 1. The van der Waals surface area contributed by atoms with Crippen LogP contribution < -0.4 is 0 Å². The molecule has 0 fully saturated rings. The first-order valence-corrected chi connectivity index (χ1v) is 16.5. The van der Waals surface area contributed by atoms with Crippen molar-refractivity contribution in [2.75, 3.05) is 6.61 Å². The molecule has 0 saturated heterocycles. The second kappa shape index (κ2) is 30.4. The smallest absolute Gasteiger partial charge is 0.305 e. The summed E-state index contributed by atoms with van der Waals surface area (Å²) < 4.78 is 5.73. The van der Waals surface area contributed by atoms with Gasteiger partial charge in [0.15, 0.2) is 0 Å². The van der Waals surface area contributed by atoms with Gasteiger partial charge in [-0.25, -0.2) is 0 Å². The number of hydrogen-bond donors (Lipinski definition) is 0. The summed E-state index contributed by atoms with van der Waals surface area (Å²) in [6.07, 6.45) is 37.9. The van der Waals surface area contributed by atoms with Crippen LogP contribution in [0, 0.1) is 5.92 Å². The lowest BCUT2D eigenvalue weighted by atomic mass is 9.95. The maximum atomic E-state index is 12.3. The van der Waals surface area contributed by atoms with Crippen molar-refractivity contribution in [1.29, 1.82) is 0 Å². The third kappa shape index (κ3) is 27.8. The Bertz CT molecular complexity index is 456. The second-order valence-electron chi connectivity index (χ2n) is 11.3. The predicted molar refractivity (Wildman–Crippen MR) is 161 cm³/mol. The Kier molecular flexibility index (Phi) is 29.8. The number of unbranched alkanes of at least 4 members (excludes halogenated alkanes) is 19. The van der Waals surface area contributed by atoms with Crippen LogP contribution in [-0.4, -0.2) is 12.6 Å². The largest absolute Gasteiger partial charge is 0.465 e. The van der Waals surface area contributed by atoms with Gasteiger partial charge < -0.3 is 4.74 Å². The summed E-state index contributed by atoms with van der Waals surface area (Å²) in [4.78, 5) is 12.3. The van der Waals surface area contributed by atoms with Gasteiger partial charge >= 0.3 is 5.97 Å².